The number of esters is 1. The molecule has 0 saturated heterocycles. The summed E-state index contributed by atoms with van der Waals surface area (Å²) in [5.74, 6) is 1.25. The lowest BCUT2D eigenvalue weighted by Gasteiger charge is -2.26. The number of ketones is 1. The maximum absolute atomic E-state index is 13.3. The van der Waals surface area contributed by atoms with E-state index < -0.39 is 5.92 Å². The van der Waals surface area contributed by atoms with Crippen LogP contribution in [0.3, 0.4) is 0 Å². The number of carbonyl (C=O) groups excluding carboxylic acids is 2. The van der Waals surface area contributed by atoms with Crippen LogP contribution < -0.4 is 23.7 Å². The number of benzene rings is 3. The molecule has 0 aliphatic carbocycles. The van der Waals surface area contributed by atoms with E-state index in [4.69, 9.17) is 23.7 Å². The monoisotopic (exact) mass is 474 g/mol. The van der Waals surface area contributed by atoms with Crippen LogP contribution in [0.1, 0.15) is 39.4 Å². The van der Waals surface area contributed by atoms with Crippen LogP contribution in [0.4, 0.5) is 0 Å². The van der Waals surface area contributed by atoms with Crippen molar-refractivity contribution in [1.82, 2.24) is 0 Å². The highest BCUT2D eigenvalue weighted by Gasteiger charge is 2.38. The summed E-state index contributed by atoms with van der Waals surface area (Å²) in [7, 11) is 4.56. The normalized spacial score (nSPS) is 17.3. The SMILES string of the molecule is COc1cc(OC)c(OC)cc1C=C1Oc2c(ccc3c2C(c2ccc(O)cc2)CC(=O)O3)C1=O. The van der Waals surface area contributed by atoms with E-state index >= 15 is 0 Å². The number of rotatable bonds is 5. The minimum Gasteiger partial charge on any atom is -0.508 e. The Hall–Kier alpha value is -4.46. The van der Waals surface area contributed by atoms with Crippen molar-refractivity contribution in [2.75, 3.05) is 21.3 Å². The fourth-order valence-electron chi connectivity index (χ4n) is 4.40. The summed E-state index contributed by atoms with van der Waals surface area (Å²) < 4.78 is 27.8. The summed E-state index contributed by atoms with van der Waals surface area (Å²) in [4.78, 5) is 25.6. The van der Waals surface area contributed by atoms with Crippen LogP contribution in [0.5, 0.6) is 34.5 Å². The van der Waals surface area contributed by atoms with Gasteiger partial charge in [-0.1, -0.05) is 12.1 Å². The molecule has 8 heteroatoms. The van der Waals surface area contributed by atoms with E-state index in [1.807, 2.05) is 0 Å². The number of aromatic hydroxyl groups is 1. The van der Waals surface area contributed by atoms with Crippen LogP contribution in [0, 0.1) is 0 Å². The molecule has 178 valence electrons. The Balaban J connectivity index is 1.60. The molecule has 0 spiro atoms. The molecule has 0 bridgehead atoms. The molecule has 5 rings (SSSR count). The summed E-state index contributed by atoms with van der Waals surface area (Å²) >= 11 is 0. The van der Waals surface area contributed by atoms with Crippen LogP contribution in [0.25, 0.3) is 6.08 Å². The molecule has 35 heavy (non-hydrogen) atoms. The van der Waals surface area contributed by atoms with E-state index in [0.29, 0.717) is 45.4 Å². The number of fused-ring (bicyclic) bond motifs is 3. The number of Topliss-reactive ketones (excluding diaryl/α,β-unsaturated/α-hetero) is 1. The van der Waals surface area contributed by atoms with Gasteiger partial charge in [0, 0.05) is 23.1 Å². The molecule has 2 aliphatic rings. The Morgan fingerprint density at radius 2 is 1.57 bits per heavy atom. The van der Waals surface area contributed by atoms with Crippen molar-refractivity contribution in [2.45, 2.75) is 12.3 Å². The van der Waals surface area contributed by atoms with Gasteiger partial charge in [0.1, 0.15) is 23.0 Å². The maximum Gasteiger partial charge on any atom is 0.312 e. The molecule has 1 atom stereocenters. The highest BCUT2D eigenvalue weighted by Crippen LogP contribution is 2.49. The first-order valence-electron chi connectivity index (χ1n) is 10.8. The zero-order valence-corrected chi connectivity index (χ0v) is 19.3. The number of hydrogen-bond donors (Lipinski definition) is 1. The van der Waals surface area contributed by atoms with Crippen LogP contribution in [-0.2, 0) is 4.79 Å². The van der Waals surface area contributed by atoms with E-state index in [9.17, 15) is 14.7 Å². The number of hydrogen-bond acceptors (Lipinski definition) is 8. The Bertz CT molecular complexity index is 1370. The standard InChI is InChI=1S/C27H22O8/c1-31-20-13-22(33-3)21(32-2)10-15(20)11-23-26(30)17-8-9-19-25(27(17)35-23)18(12-24(29)34-19)14-4-6-16(28)7-5-14/h4-11,13,18,28H,12H2,1-3H3. The lowest BCUT2D eigenvalue weighted by atomic mass is 9.84. The van der Waals surface area contributed by atoms with Crippen molar-refractivity contribution >= 4 is 17.8 Å². The molecule has 0 amide bonds. The lowest BCUT2D eigenvalue weighted by molar-refractivity contribution is -0.135. The number of allylic oxidation sites excluding steroid dienone is 1. The Kier molecular flexibility index (Phi) is 5.56. The van der Waals surface area contributed by atoms with E-state index in [1.54, 1.807) is 54.6 Å². The van der Waals surface area contributed by atoms with Gasteiger partial charge in [0.2, 0.25) is 5.78 Å². The van der Waals surface area contributed by atoms with Gasteiger partial charge in [-0.25, -0.2) is 0 Å². The van der Waals surface area contributed by atoms with E-state index in [-0.39, 0.29) is 29.7 Å². The van der Waals surface area contributed by atoms with Gasteiger partial charge >= 0.3 is 5.97 Å². The largest absolute Gasteiger partial charge is 0.508 e. The third-order valence-corrected chi connectivity index (χ3v) is 6.10. The molecule has 3 aromatic rings. The first kappa shape index (κ1) is 22.3. The van der Waals surface area contributed by atoms with Crippen molar-refractivity contribution in [3.05, 3.63) is 76.5 Å². The molecule has 8 nitrogen and oxygen atoms in total. The van der Waals surface area contributed by atoms with E-state index in [2.05, 4.69) is 0 Å². The molecule has 0 saturated carbocycles. The first-order chi connectivity index (χ1) is 16.9. The quantitative estimate of drug-likeness (QED) is 0.328. The lowest BCUT2D eigenvalue weighted by Crippen LogP contribution is -2.21. The van der Waals surface area contributed by atoms with Gasteiger partial charge in [0.15, 0.2) is 17.3 Å². The molecule has 3 aromatic carbocycles. The number of phenolic OH excluding ortho intramolecular Hbond substituents is 1. The van der Waals surface area contributed by atoms with Crippen LogP contribution >= 0.6 is 0 Å². The highest BCUT2D eigenvalue weighted by atomic mass is 16.5. The number of ether oxygens (including phenoxy) is 5. The van der Waals surface area contributed by atoms with Gasteiger partial charge < -0.3 is 28.8 Å². The molecule has 0 fully saturated rings. The van der Waals surface area contributed by atoms with Gasteiger partial charge in [0.05, 0.1) is 33.3 Å². The molecule has 2 heterocycles. The number of phenols is 1. The zero-order valence-electron chi connectivity index (χ0n) is 19.3. The van der Waals surface area contributed by atoms with Gasteiger partial charge in [-0.2, -0.15) is 0 Å². The zero-order chi connectivity index (χ0) is 24.7. The van der Waals surface area contributed by atoms with Crippen molar-refractivity contribution in [3.63, 3.8) is 0 Å². The summed E-state index contributed by atoms with van der Waals surface area (Å²) in [5.41, 5.74) is 2.35. The van der Waals surface area contributed by atoms with Gasteiger partial charge in [-0.3, -0.25) is 9.59 Å². The second kappa shape index (κ2) is 8.72. The van der Waals surface area contributed by atoms with Gasteiger partial charge in [0.25, 0.3) is 0 Å². The predicted octanol–water partition coefficient (Wildman–Crippen LogP) is 4.48. The molecule has 1 unspecified atom stereocenters. The van der Waals surface area contributed by atoms with E-state index in [0.717, 1.165) is 5.56 Å². The predicted molar refractivity (Wildman–Crippen MR) is 126 cm³/mol. The van der Waals surface area contributed by atoms with Crippen LogP contribution in [0.15, 0.2) is 54.3 Å². The number of carbonyl (C=O) groups is 2. The average molecular weight is 474 g/mol. The van der Waals surface area contributed by atoms with Crippen molar-refractivity contribution in [3.8, 4) is 34.5 Å². The molecular formula is C27H22O8. The smallest absolute Gasteiger partial charge is 0.312 e. The highest BCUT2D eigenvalue weighted by molar-refractivity contribution is 6.15. The van der Waals surface area contributed by atoms with Crippen LogP contribution in [0.2, 0.25) is 0 Å². The molecule has 2 aliphatic heterocycles. The summed E-state index contributed by atoms with van der Waals surface area (Å²) in [6, 6.07) is 13.2. The second-order valence-electron chi connectivity index (χ2n) is 8.07. The molecular weight excluding hydrogens is 452 g/mol. The van der Waals surface area contributed by atoms with Crippen molar-refractivity contribution in [2.24, 2.45) is 0 Å². The fraction of sp³-hybridized carbons (Fsp3) is 0.185. The Morgan fingerprint density at radius 3 is 2.26 bits per heavy atom. The summed E-state index contributed by atoms with van der Waals surface area (Å²) in [6.07, 6.45) is 1.66. The maximum atomic E-state index is 13.3. The van der Waals surface area contributed by atoms with Crippen LogP contribution in [-0.4, -0.2) is 38.2 Å². The topological polar surface area (TPSA) is 101 Å². The van der Waals surface area contributed by atoms with Crippen molar-refractivity contribution < 1.29 is 38.4 Å². The molecule has 1 N–H and O–H groups in total. The minimum atomic E-state index is -0.399. The summed E-state index contributed by atoms with van der Waals surface area (Å²) in [5, 5.41) is 9.68. The third kappa shape index (κ3) is 3.82. The Labute approximate surface area is 201 Å². The summed E-state index contributed by atoms with van der Waals surface area (Å²) in [6.45, 7) is 0. The molecule has 0 radical (unpaired) electrons. The fourth-order valence-corrected chi connectivity index (χ4v) is 4.40. The van der Waals surface area contributed by atoms with E-state index in [1.165, 1.54) is 21.3 Å². The number of methoxy groups -OCH3 is 3. The first-order valence-corrected chi connectivity index (χ1v) is 10.8. The minimum absolute atomic E-state index is 0.0777. The van der Waals surface area contributed by atoms with Crippen molar-refractivity contribution in [1.29, 1.82) is 0 Å². The molecule has 0 aromatic heterocycles. The third-order valence-electron chi connectivity index (χ3n) is 6.10. The van der Waals surface area contributed by atoms with Gasteiger partial charge in [-0.05, 0) is 42.0 Å². The van der Waals surface area contributed by atoms with Gasteiger partial charge in [-0.15, -0.1) is 0 Å². The Morgan fingerprint density at radius 1 is 0.886 bits per heavy atom. The second-order valence-corrected chi connectivity index (χ2v) is 8.07. The average Bonchev–Trinajstić information content (AvgIpc) is 3.18.